The quantitative estimate of drug-likeness (QED) is 0.818. The number of aryl methyl sites for hydroxylation is 1. The second-order valence-corrected chi connectivity index (χ2v) is 8.12. The van der Waals surface area contributed by atoms with Crippen LogP contribution in [0.5, 0.6) is 0 Å². The van der Waals surface area contributed by atoms with E-state index in [1.165, 1.54) is 0 Å². The van der Waals surface area contributed by atoms with Gasteiger partial charge in [-0.25, -0.2) is 0 Å². The third-order valence-corrected chi connectivity index (χ3v) is 5.75. The van der Waals surface area contributed by atoms with Crippen LogP contribution >= 0.6 is 11.8 Å². The second-order valence-electron chi connectivity index (χ2n) is 7.25. The van der Waals surface area contributed by atoms with Crippen LogP contribution in [0.4, 0.5) is 0 Å². The molecule has 7 heteroatoms. The molecule has 25 heavy (non-hydrogen) atoms. The van der Waals surface area contributed by atoms with E-state index in [9.17, 15) is 9.59 Å². The minimum atomic E-state index is 0.0400. The average Bonchev–Trinajstić information content (AvgIpc) is 2.61. The van der Waals surface area contributed by atoms with Gasteiger partial charge in [-0.05, 0) is 32.4 Å². The van der Waals surface area contributed by atoms with Gasteiger partial charge in [0, 0.05) is 37.7 Å². The van der Waals surface area contributed by atoms with Gasteiger partial charge < -0.3 is 9.80 Å². The Hall–Kier alpha value is -1.63. The number of hydrogen-bond acceptors (Lipinski definition) is 5. The number of thioether (sulfide) groups is 1. The van der Waals surface area contributed by atoms with Crippen molar-refractivity contribution < 1.29 is 9.59 Å². The van der Waals surface area contributed by atoms with E-state index in [2.05, 4.69) is 9.97 Å². The first kappa shape index (κ1) is 18.2. The fourth-order valence-corrected chi connectivity index (χ4v) is 4.34. The molecule has 0 N–H and O–H groups in total. The predicted octanol–water partition coefficient (Wildman–Crippen LogP) is 1.88. The van der Waals surface area contributed by atoms with Gasteiger partial charge in [0.05, 0.1) is 29.9 Å². The standard InChI is InChI=1S/C18H26N4O2S/c1-14-8-20-15(9-19-14)10-22-13-18(6-4-16(22)23)5-3-7-21(12-18)17(24)11-25-2/h8-9H,3-7,10-13H2,1-2H3/t18-/m0/s1. The molecule has 2 aliphatic rings. The first-order chi connectivity index (χ1) is 12.0. The number of aromatic nitrogens is 2. The van der Waals surface area contributed by atoms with E-state index in [0.717, 1.165) is 43.7 Å². The monoisotopic (exact) mass is 362 g/mol. The lowest BCUT2D eigenvalue weighted by Crippen LogP contribution is -2.55. The third-order valence-electron chi connectivity index (χ3n) is 5.22. The van der Waals surface area contributed by atoms with Crippen LogP contribution < -0.4 is 0 Å². The molecule has 0 aromatic carbocycles. The van der Waals surface area contributed by atoms with E-state index in [4.69, 9.17) is 0 Å². The lowest BCUT2D eigenvalue weighted by atomic mass is 9.73. The van der Waals surface area contributed by atoms with Gasteiger partial charge in [-0.2, -0.15) is 11.8 Å². The Kier molecular flexibility index (Phi) is 5.61. The zero-order chi connectivity index (χ0) is 17.9. The van der Waals surface area contributed by atoms with E-state index >= 15 is 0 Å². The molecule has 2 fully saturated rings. The highest BCUT2D eigenvalue weighted by Crippen LogP contribution is 2.39. The number of piperidine rings is 2. The van der Waals surface area contributed by atoms with Gasteiger partial charge in [0.1, 0.15) is 0 Å². The normalized spacial score (nSPS) is 24.0. The predicted molar refractivity (Wildman–Crippen MR) is 98.0 cm³/mol. The van der Waals surface area contributed by atoms with Crippen molar-refractivity contribution >= 4 is 23.6 Å². The minimum absolute atomic E-state index is 0.0400. The molecule has 136 valence electrons. The highest BCUT2D eigenvalue weighted by Gasteiger charge is 2.42. The Morgan fingerprint density at radius 3 is 2.84 bits per heavy atom. The van der Waals surface area contributed by atoms with Crippen LogP contribution in [0.15, 0.2) is 12.4 Å². The maximum atomic E-state index is 12.4. The fraction of sp³-hybridized carbons (Fsp3) is 0.667. The maximum absolute atomic E-state index is 12.4. The Labute approximate surface area is 153 Å². The second kappa shape index (κ2) is 7.72. The maximum Gasteiger partial charge on any atom is 0.232 e. The van der Waals surface area contributed by atoms with Gasteiger partial charge in [0.2, 0.25) is 11.8 Å². The van der Waals surface area contributed by atoms with Gasteiger partial charge in [-0.15, -0.1) is 0 Å². The number of likely N-dealkylation sites (tertiary alicyclic amines) is 2. The van der Waals surface area contributed by atoms with Crippen LogP contribution in [0.2, 0.25) is 0 Å². The third kappa shape index (κ3) is 4.32. The molecular weight excluding hydrogens is 336 g/mol. The fourth-order valence-electron chi connectivity index (χ4n) is 3.91. The molecule has 0 aliphatic carbocycles. The van der Waals surface area contributed by atoms with Crippen molar-refractivity contribution in [1.29, 1.82) is 0 Å². The summed E-state index contributed by atoms with van der Waals surface area (Å²) in [6.07, 6.45) is 8.99. The number of amides is 2. The van der Waals surface area contributed by atoms with Crippen LogP contribution in [0.3, 0.4) is 0 Å². The zero-order valence-electron chi connectivity index (χ0n) is 15.0. The summed E-state index contributed by atoms with van der Waals surface area (Å²) >= 11 is 1.57. The van der Waals surface area contributed by atoms with Crippen molar-refractivity contribution in [2.45, 2.75) is 39.2 Å². The molecule has 1 aromatic rings. The van der Waals surface area contributed by atoms with E-state index < -0.39 is 0 Å². The summed E-state index contributed by atoms with van der Waals surface area (Å²) in [5, 5.41) is 0. The van der Waals surface area contributed by atoms with E-state index in [0.29, 0.717) is 25.3 Å². The van der Waals surface area contributed by atoms with Gasteiger partial charge in [-0.1, -0.05) is 0 Å². The average molecular weight is 362 g/mol. The lowest BCUT2D eigenvalue weighted by Gasteiger charge is -2.48. The van der Waals surface area contributed by atoms with Crippen molar-refractivity contribution in [1.82, 2.24) is 19.8 Å². The van der Waals surface area contributed by atoms with Crippen molar-refractivity contribution in [3.63, 3.8) is 0 Å². The SMILES string of the molecule is CSCC(=O)N1CCC[C@]2(CCC(=O)N(Cc3cnc(C)cn3)C2)C1. The Morgan fingerprint density at radius 1 is 1.28 bits per heavy atom. The summed E-state index contributed by atoms with van der Waals surface area (Å²) in [5.41, 5.74) is 1.74. The molecule has 3 rings (SSSR count). The van der Waals surface area contributed by atoms with Crippen molar-refractivity contribution in [3.8, 4) is 0 Å². The molecule has 1 aromatic heterocycles. The van der Waals surface area contributed by atoms with E-state index in [1.54, 1.807) is 24.2 Å². The highest BCUT2D eigenvalue weighted by molar-refractivity contribution is 7.99. The summed E-state index contributed by atoms with van der Waals surface area (Å²) in [7, 11) is 0. The molecule has 0 bridgehead atoms. The first-order valence-electron chi connectivity index (χ1n) is 8.83. The summed E-state index contributed by atoms with van der Waals surface area (Å²) in [6, 6.07) is 0. The van der Waals surface area contributed by atoms with Gasteiger partial charge >= 0.3 is 0 Å². The molecule has 0 saturated carbocycles. The molecular formula is C18H26N4O2S. The van der Waals surface area contributed by atoms with E-state index in [1.807, 2.05) is 23.0 Å². The molecule has 1 atom stereocenters. The molecule has 6 nitrogen and oxygen atoms in total. The van der Waals surface area contributed by atoms with Crippen molar-refractivity contribution in [2.24, 2.45) is 5.41 Å². The summed E-state index contributed by atoms with van der Waals surface area (Å²) in [6.45, 7) is 4.74. The molecule has 2 amide bonds. The Morgan fingerprint density at radius 2 is 2.12 bits per heavy atom. The van der Waals surface area contributed by atoms with Crippen molar-refractivity contribution in [2.75, 3.05) is 31.6 Å². The molecule has 1 spiro atoms. The molecule has 0 radical (unpaired) electrons. The summed E-state index contributed by atoms with van der Waals surface area (Å²) < 4.78 is 0. The molecule has 3 heterocycles. The lowest BCUT2D eigenvalue weighted by molar-refractivity contribution is -0.142. The topological polar surface area (TPSA) is 66.4 Å². The van der Waals surface area contributed by atoms with Gasteiger partial charge in [-0.3, -0.25) is 19.6 Å². The highest BCUT2D eigenvalue weighted by atomic mass is 32.2. The largest absolute Gasteiger partial charge is 0.341 e. The Balaban J connectivity index is 1.69. The number of carbonyl (C=O) groups excluding carboxylic acids is 2. The van der Waals surface area contributed by atoms with Crippen LogP contribution in [0.25, 0.3) is 0 Å². The number of hydrogen-bond donors (Lipinski definition) is 0. The number of carbonyl (C=O) groups is 2. The van der Waals surface area contributed by atoms with Gasteiger partial charge in [0.15, 0.2) is 0 Å². The Bertz CT molecular complexity index is 636. The van der Waals surface area contributed by atoms with E-state index in [-0.39, 0.29) is 17.2 Å². The van der Waals surface area contributed by atoms with Crippen LogP contribution in [-0.2, 0) is 16.1 Å². The molecule has 0 unspecified atom stereocenters. The van der Waals surface area contributed by atoms with Crippen molar-refractivity contribution in [3.05, 3.63) is 23.8 Å². The number of rotatable bonds is 4. The van der Waals surface area contributed by atoms with Crippen LogP contribution in [-0.4, -0.2) is 63.2 Å². The minimum Gasteiger partial charge on any atom is -0.341 e. The van der Waals surface area contributed by atoms with Crippen LogP contribution in [0.1, 0.15) is 37.1 Å². The smallest absolute Gasteiger partial charge is 0.232 e. The first-order valence-corrected chi connectivity index (χ1v) is 10.2. The summed E-state index contributed by atoms with van der Waals surface area (Å²) in [5.74, 6) is 0.942. The summed E-state index contributed by atoms with van der Waals surface area (Å²) in [4.78, 5) is 37.3. The van der Waals surface area contributed by atoms with Crippen LogP contribution in [0, 0.1) is 12.3 Å². The van der Waals surface area contributed by atoms with Gasteiger partial charge in [0.25, 0.3) is 0 Å². The zero-order valence-corrected chi connectivity index (χ0v) is 15.8. The molecule has 2 aliphatic heterocycles. The molecule has 2 saturated heterocycles. The number of nitrogens with zero attached hydrogens (tertiary/aromatic N) is 4.